The molecule has 6 nitrogen and oxygen atoms in total. The number of rotatable bonds is 4. The van der Waals surface area contributed by atoms with Crippen LogP contribution in [0.4, 0.5) is 79.0 Å². The molecule has 1 aliphatic rings. The zero-order valence-corrected chi connectivity index (χ0v) is 34.8. The molecule has 4 N–H and O–H groups in total. The van der Waals surface area contributed by atoms with Crippen LogP contribution in [0.3, 0.4) is 0 Å². The van der Waals surface area contributed by atoms with Crippen LogP contribution in [-0.2, 0) is 44.4 Å². The van der Waals surface area contributed by atoms with Crippen LogP contribution in [0.25, 0.3) is 0 Å². The first-order valence-corrected chi connectivity index (χ1v) is 17.0. The van der Waals surface area contributed by atoms with Crippen LogP contribution in [0.2, 0.25) is 0 Å². The molecule has 0 heterocycles. The molecule has 62 heavy (non-hydrogen) atoms. The minimum absolute atomic E-state index is 0. The molecule has 2 aromatic carbocycles. The number of benzene rings is 2. The van der Waals surface area contributed by atoms with E-state index in [1.807, 2.05) is 36.4 Å². The third-order valence-corrected chi connectivity index (χ3v) is 8.72. The Balaban J connectivity index is 0. The molecule has 0 radical (unpaired) electrons. The van der Waals surface area contributed by atoms with Crippen LogP contribution >= 0.6 is 0 Å². The van der Waals surface area contributed by atoms with Gasteiger partial charge in [0, 0.05) is 23.6 Å². The summed E-state index contributed by atoms with van der Waals surface area (Å²) in [4.78, 5) is 9.70. The van der Waals surface area contributed by atoms with E-state index in [4.69, 9.17) is 20.2 Å². The molecule has 0 bridgehead atoms. The van der Waals surface area contributed by atoms with E-state index >= 15 is 0 Å². The Morgan fingerprint density at radius 1 is 0.452 bits per heavy atom. The second kappa shape index (κ2) is 20.9. The number of aliphatic imine (C=N–C) groups is 2. The van der Waals surface area contributed by atoms with E-state index in [9.17, 15) is 89.2 Å². The first kappa shape index (κ1) is 61.1. The van der Waals surface area contributed by atoms with Gasteiger partial charge in [0.25, 0.3) is 0 Å². The Kier molecular flexibility index (Phi) is 20.6. The van der Waals surface area contributed by atoms with E-state index in [-0.39, 0.29) is 56.5 Å². The van der Waals surface area contributed by atoms with Gasteiger partial charge in [-0.3, -0.25) is 9.98 Å². The van der Waals surface area contributed by atoms with Crippen molar-refractivity contribution >= 4 is 12.4 Å². The number of halogens is 18. The number of hydrogen-bond acceptors (Lipinski definition) is 6. The topological polar surface area (TPSA) is 106 Å². The van der Waals surface area contributed by atoms with E-state index in [0.717, 1.165) is 47.9 Å². The Morgan fingerprint density at radius 3 is 0.855 bits per heavy atom. The van der Waals surface area contributed by atoms with Crippen LogP contribution in [0.5, 0.6) is 11.5 Å². The van der Waals surface area contributed by atoms with Crippen LogP contribution in [0.1, 0.15) is 89.5 Å². The fraction of sp³-hybridized carbons (Fsp3) is 0.611. The number of nitrogens with zero attached hydrogens (tertiary/aromatic N) is 2. The summed E-state index contributed by atoms with van der Waals surface area (Å²) in [5.74, 6) is 0.618. The van der Waals surface area contributed by atoms with Crippen molar-refractivity contribution in [2.45, 2.75) is 138 Å². The summed E-state index contributed by atoms with van der Waals surface area (Å²) >= 11 is 0. The molecule has 2 unspecified atom stereocenters. The summed E-state index contributed by atoms with van der Waals surface area (Å²) in [5, 5.41) is 36.8. The van der Waals surface area contributed by atoms with Gasteiger partial charge in [-0.15, -0.1) is 0 Å². The predicted molar refractivity (Wildman–Crippen MR) is 181 cm³/mol. The predicted octanol–water partition coefficient (Wildman–Crippen LogP) is 11.3. The summed E-state index contributed by atoms with van der Waals surface area (Å²) in [7, 11) is 0. The van der Waals surface area contributed by atoms with E-state index in [1.165, 1.54) is 0 Å². The third kappa shape index (κ3) is 14.3. The average molecular weight is 1020 g/mol. The molecule has 3 rings (SSSR count). The smallest absolute Gasteiger partial charge is 0.507 e. The van der Waals surface area contributed by atoms with Gasteiger partial charge >= 0.3 is 81.8 Å². The molecular formula is C36H40Co2F18N2O4+6. The average Bonchev–Trinajstić information content (AvgIpc) is 3.03. The summed E-state index contributed by atoms with van der Waals surface area (Å²) in [6, 6.07) is 11.9. The van der Waals surface area contributed by atoms with Gasteiger partial charge in [0.05, 0.1) is 12.1 Å². The fourth-order valence-electron chi connectivity index (χ4n) is 5.30. The van der Waals surface area contributed by atoms with Gasteiger partial charge in [-0.2, -0.15) is 79.0 Å². The van der Waals surface area contributed by atoms with Gasteiger partial charge in [0.15, 0.2) is 0 Å². The van der Waals surface area contributed by atoms with E-state index < -0.39 is 48.3 Å². The molecule has 1 aliphatic carbocycles. The van der Waals surface area contributed by atoms with Gasteiger partial charge in [-0.25, -0.2) is 0 Å². The SMILES string of the molecule is CC(C)(C)c1cccc(C=NC2CCCCC2N=Cc2cccc(C(C)(C)C)c2O)c1O.OC(C(F)(F)F)(C(F)(F)F)C(F)(F)F.OC(C(F)(F)F)(C(F)(F)F)C(F)(F)F.[Co+3].[Co+3]. The minimum atomic E-state index is -6.87. The van der Waals surface area contributed by atoms with E-state index in [1.54, 1.807) is 12.4 Å². The number of phenolic OH excluding ortho intramolecular Hbond substituents is 2. The molecule has 0 aromatic heterocycles. The maximum Gasteiger partial charge on any atom is 3.00 e. The summed E-state index contributed by atoms with van der Waals surface area (Å²) in [6.07, 6.45) is -33.4. The number of aromatic hydroxyl groups is 2. The van der Waals surface area contributed by atoms with Crippen molar-refractivity contribution in [1.82, 2.24) is 0 Å². The van der Waals surface area contributed by atoms with Gasteiger partial charge in [0.1, 0.15) is 11.5 Å². The minimum Gasteiger partial charge on any atom is -0.507 e. The van der Waals surface area contributed by atoms with Crippen LogP contribution < -0.4 is 0 Å². The van der Waals surface area contributed by atoms with Crippen molar-refractivity contribution in [2.24, 2.45) is 9.98 Å². The van der Waals surface area contributed by atoms with Gasteiger partial charge < -0.3 is 20.4 Å². The molecule has 0 aliphatic heterocycles. The second-order valence-corrected chi connectivity index (χ2v) is 15.4. The molecule has 0 spiro atoms. The van der Waals surface area contributed by atoms with E-state index in [0.29, 0.717) is 11.5 Å². The molecule has 1 fully saturated rings. The van der Waals surface area contributed by atoms with Gasteiger partial charge in [-0.05, 0) is 46.9 Å². The van der Waals surface area contributed by atoms with Crippen molar-refractivity contribution in [1.29, 1.82) is 0 Å². The molecule has 1 saturated carbocycles. The molecule has 0 saturated heterocycles. The third-order valence-electron chi connectivity index (χ3n) is 8.72. The largest absolute Gasteiger partial charge is 3.00 e. The second-order valence-electron chi connectivity index (χ2n) is 15.4. The Bertz CT molecular complexity index is 1590. The van der Waals surface area contributed by atoms with Crippen molar-refractivity contribution < 1.29 is 133 Å². The van der Waals surface area contributed by atoms with Crippen LogP contribution in [0, 0.1) is 0 Å². The number of para-hydroxylation sites is 2. The summed E-state index contributed by atoms with van der Waals surface area (Å²) < 4.78 is 205. The quantitative estimate of drug-likeness (QED) is 0.181. The molecule has 2 atom stereocenters. The van der Waals surface area contributed by atoms with Crippen LogP contribution in [0.15, 0.2) is 46.4 Å². The molecule has 356 valence electrons. The van der Waals surface area contributed by atoms with Crippen molar-refractivity contribution in [3.05, 3.63) is 58.7 Å². The van der Waals surface area contributed by atoms with Crippen molar-refractivity contribution in [3.63, 3.8) is 0 Å². The summed E-state index contributed by atoms with van der Waals surface area (Å²) in [5.41, 5.74) is -10.3. The number of phenols is 2. The first-order valence-electron chi connectivity index (χ1n) is 17.0. The Hall–Kier alpha value is -2.95. The molecule has 2 aromatic rings. The van der Waals surface area contributed by atoms with Crippen LogP contribution in [-0.4, -0.2) is 93.2 Å². The maximum absolute atomic E-state index is 11.4. The Morgan fingerprint density at radius 2 is 0.677 bits per heavy atom. The number of alkyl halides is 18. The summed E-state index contributed by atoms with van der Waals surface area (Å²) in [6.45, 7) is 12.6. The monoisotopic (exact) mass is 1020 g/mol. The fourth-order valence-corrected chi connectivity index (χ4v) is 5.30. The van der Waals surface area contributed by atoms with Gasteiger partial charge in [-0.1, -0.05) is 78.6 Å². The van der Waals surface area contributed by atoms with E-state index in [2.05, 4.69) is 41.5 Å². The first-order chi connectivity index (χ1) is 26.5. The molecule has 26 heteroatoms. The number of hydrogen-bond donors (Lipinski definition) is 4. The molecular weight excluding hydrogens is 984 g/mol. The van der Waals surface area contributed by atoms with Gasteiger partial charge in [0.2, 0.25) is 0 Å². The molecule has 0 amide bonds. The zero-order valence-electron chi connectivity index (χ0n) is 32.8. The van der Waals surface area contributed by atoms with Crippen molar-refractivity contribution in [3.8, 4) is 11.5 Å². The van der Waals surface area contributed by atoms with Crippen molar-refractivity contribution in [2.75, 3.05) is 0 Å². The Labute approximate surface area is 363 Å². The number of aliphatic hydroxyl groups is 2. The maximum atomic E-state index is 11.4. The standard InChI is InChI=1S/C28H38N2O2.2C4HF9O.2Co/c1-27(2,3)21-13-9-11-19(25(21)31)17-29-23-15-7-8-16-24(23)30-18-20-12-10-14-22(26(20)32)28(4,5)6;2*5-2(6,7)1(14,3(8,9)10)4(11,12)13;;/h9-14,17-18,23-24,31-32H,7-8,15-16H2,1-6H3;2*14H;;/q;;;2*+3. The normalized spacial score (nSPS) is 17.6. The zero-order chi connectivity index (χ0) is 47.5.